The predicted molar refractivity (Wildman–Crippen MR) is 85.6 cm³/mol. The van der Waals surface area contributed by atoms with Crippen molar-refractivity contribution in [2.45, 2.75) is 46.1 Å². The lowest BCUT2D eigenvalue weighted by Crippen LogP contribution is -2.30. The van der Waals surface area contributed by atoms with Gasteiger partial charge in [0.2, 0.25) is 10.0 Å². The second kappa shape index (κ2) is 6.24. The van der Waals surface area contributed by atoms with E-state index in [1.807, 2.05) is 13.8 Å². The number of aryl methyl sites for hydroxylation is 1. The Kier molecular flexibility index (Phi) is 4.86. The highest BCUT2D eigenvalue weighted by Crippen LogP contribution is 2.31. The molecule has 0 amide bonds. The number of carboxylic acids is 1. The van der Waals surface area contributed by atoms with Gasteiger partial charge in [0.15, 0.2) is 0 Å². The summed E-state index contributed by atoms with van der Waals surface area (Å²) in [7, 11) is -3.73. The zero-order valence-corrected chi connectivity index (χ0v) is 15.1. The first-order chi connectivity index (χ1) is 10.6. The van der Waals surface area contributed by atoms with Crippen LogP contribution in [0.2, 0.25) is 0 Å². The fourth-order valence-electron chi connectivity index (χ4n) is 3.15. The average Bonchev–Trinajstić information content (AvgIpc) is 2.91. The van der Waals surface area contributed by atoms with Gasteiger partial charge in [0, 0.05) is 19.6 Å². The molecule has 0 aliphatic carbocycles. The highest BCUT2D eigenvalue weighted by atomic mass is 32.2. The van der Waals surface area contributed by atoms with Crippen LogP contribution >= 0.6 is 0 Å². The van der Waals surface area contributed by atoms with Gasteiger partial charge in [-0.2, -0.15) is 9.40 Å². The van der Waals surface area contributed by atoms with Crippen molar-refractivity contribution >= 4 is 16.0 Å². The molecular weight excluding hydrogens is 318 g/mol. The smallest absolute Gasteiger partial charge is 0.308 e. The monoisotopic (exact) mass is 343 g/mol. The largest absolute Gasteiger partial charge is 0.481 e. The zero-order chi connectivity index (χ0) is 17.5. The second-order valence-corrected chi connectivity index (χ2v) is 8.69. The predicted octanol–water partition coefficient (Wildman–Crippen LogP) is 1.50. The molecule has 0 bridgehead atoms. The number of sulfonamides is 1. The zero-order valence-electron chi connectivity index (χ0n) is 14.3. The lowest BCUT2D eigenvalue weighted by molar-refractivity contribution is -0.142. The normalized spacial score (nSPS) is 22.9. The van der Waals surface area contributed by atoms with Gasteiger partial charge in [0.1, 0.15) is 4.90 Å². The quantitative estimate of drug-likeness (QED) is 0.874. The van der Waals surface area contributed by atoms with E-state index in [2.05, 4.69) is 5.10 Å². The molecule has 2 rings (SSSR count). The minimum atomic E-state index is -3.73. The molecule has 1 saturated heterocycles. The molecule has 0 aromatic carbocycles. The Balaban J connectivity index is 2.38. The van der Waals surface area contributed by atoms with Crippen LogP contribution in [0.15, 0.2) is 4.90 Å². The van der Waals surface area contributed by atoms with E-state index in [1.54, 1.807) is 25.5 Å². The van der Waals surface area contributed by atoms with Gasteiger partial charge in [-0.1, -0.05) is 20.8 Å². The third-order valence-corrected chi connectivity index (χ3v) is 6.43. The molecule has 1 fully saturated rings. The van der Waals surface area contributed by atoms with Gasteiger partial charge >= 0.3 is 5.97 Å². The van der Waals surface area contributed by atoms with Crippen LogP contribution in [-0.2, 0) is 21.4 Å². The van der Waals surface area contributed by atoms with E-state index in [0.717, 1.165) is 0 Å². The molecule has 1 aliphatic rings. The Hall–Kier alpha value is -1.41. The molecule has 0 spiro atoms. The van der Waals surface area contributed by atoms with E-state index in [-0.39, 0.29) is 23.9 Å². The molecular formula is C15H25N3O4S. The van der Waals surface area contributed by atoms with Crippen molar-refractivity contribution in [2.75, 3.05) is 13.1 Å². The fraction of sp³-hybridized carbons (Fsp3) is 0.733. The number of nitrogens with zero attached hydrogens (tertiary/aromatic N) is 3. The van der Waals surface area contributed by atoms with Gasteiger partial charge < -0.3 is 5.11 Å². The van der Waals surface area contributed by atoms with Crippen molar-refractivity contribution in [3.05, 3.63) is 11.4 Å². The van der Waals surface area contributed by atoms with Crippen LogP contribution < -0.4 is 0 Å². The summed E-state index contributed by atoms with van der Waals surface area (Å²) in [4.78, 5) is 11.5. The topological polar surface area (TPSA) is 92.5 Å². The van der Waals surface area contributed by atoms with Gasteiger partial charge in [-0.05, 0) is 25.7 Å². The number of hydrogen-bond donors (Lipinski definition) is 1. The van der Waals surface area contributed by atoms with E-state index in [9.17, 15) is 18.3 Å². The van der Waals surface area contributed by atoms with E-state index >= 15 is 0 Å². The molecule has 2 heterocycles. The Morgan fingerprint density at radius 3 is 2.43 bits per heavy atom. The lowest BCUT2D eigenvalue weighted by atomic mass is 9.99. The van der Waals surface area contributed by atoms with E-state index < -0.39 is 21.9 Å². The molecule has 1 aromatic rings. The molecule has 23 heavy (non-hydrogen) atoms. The molecule has 1 aliphatic heterocycles. The average molecular weight is 343 g/mol. The molecule has 2 atom stereocenters. The molecule has 8 heteroatoms. The number of aliphatic carboxylic acids is 1. The minimum Gasteiger partial charge on any atom is -0.481 e. The van der Waals surface area contributed by atoms with Crippen LogP contribution in [0.1, 0.15) is 32.2 Å². The third-order valence-electron chi connectivity index (χ3n) is 4.35. The summed E-state index contributed by atoms with van der Waals surface area (Å²) in [5.41, 5.74) is 1.08. The Bertz CT molecular complexity index is 709. The molecule has 7 nitrogen and oxygen atoms in total. The third kappa shape index (κ3) is 3.28. The molecule has 1 aromatic heterocycles. The van der Waals surface area contributed by atoms with Crippen molar-refractivity contribution in [1.82, 2.24) is 14.1 Å². The van der Waals surface area contributed by atoms with Crippen molar-refractivity contribution in [1.29, 1.82) is 0 Å². The summed E-state index contributed by atoms with van der Waals surface area (Å²) >= 11 is 0. The maximum absolute atomic E-state index is 13.0. The highest BCUT2D eigenvalue weighted by molar-refractivity contribution is 7.89. The van der Waals surface area contributed by atoms with Gasteiger partial charge in [-0.25, -0.2) is 8.42 Å². The lowest BCUT2D eigenvalue weighted by Gasteiger charge is -2.16. The van der Waals surface area contributed by atoms with Crippen LogP contribution in [-0.4, -0.2) is 46.7 Å². The first kappa shape index (κ1) is 17.9. The van der Waals surface area contributed by atoms with Crippen LogP contribution in [0.25, 0.3) is 0 Å². The van der Waals surface area contributed by atoms with Crippen LogP contribution in [0.4, 0.5) is 0 Å². The summed E-state index contributed by atoms with van der Waals surface area (Å²) in [5, 5.41) is 13.6. The summed E-state index contributed by atoms with van der Waals surface area (Å²) in [6.45, 7) is 10.2. The SMILES string of the molecule is Cc1nn(CC(C)C)c(C)c1S(=O)(=O)N1C[C@@H](C)[C@H](C(=O)O)C1. The van der Waals surface area contributed by atoms with Gasteiger partial charge in [-0.15, -0.1) is 0 Å². The van der Waals surface area contributed by atoms with Crippen LogP contribution in [0, 0.1) is 31.6 Å². The van der Waals surface area contributed by atoms with E-state index in [1.165, 1.54) is 4.31 Å². The maximum atomic E-state index is 13.0. The standard InChI is InChI=1S/C15H25N3O4S/c1-9(2)6-18-12(5)14(11(4)16-18)23(21,22)17-7-10(3)13(8-17)15(19)20/h9-10,13H,6-8H2,1-5H3,(H,19,20)/t10-,13-/m1/s1. The number of carbonyl (C=O) groups is 1. The molecule has 0 radical (unpaired) electrons. The first-order valence-corrected chi connectivity index (χ1v) is 9.26. The number of rotatable bonds is 5. The number of aromatic nitrogens is 2. The summed E-state index contributed by atoms with van der Waals surface area (Å²) < 4.78 is 28.9. The maximum Gasteiger partial charge on any atom is 0.308 e. The Morgan fingerprint density at radius 1 is 1.35 bits per heavy atom. The molecule has 1 N–H and O–H groups in total. The van der Waals surface area contributed by atoms with E-state index in [4.69, 9.17) is 0 Å². The van der Waals surface area contributed by atoms with Crippen molar-refractivity contribution in [2.24, 2.45) is 17.8 Å². The second-order valence-electron chi connectivity index (χ2n) is 6.82. The van der Waals surface area contributed by atoms with Gasteiger partial charge in [0.05, 0.1) is 17.3 Å². The van der Waals surface area contributed by atoms with Crippen LogP contribution in [0.3, 0.4) is 0 Å². The Labute approximate surface area is 137 Å². The van der Waals surface area contributed by atoms with Crippen molar-refractivity contribution in [3.8, 4) is 0 Å². The van der Waals surface area contributed by atoms with Crippen molar-refractivity contribution < 1.29 is 18.3 Å². The number of hydrogen-bond acceptors (Lipinski definition) is 4. The van der Waals surface area contributed by atoms with Gasteiger partial charge in [0.25, 0.3) is 0 Å². The van der Waals surface area contributed by atoms with E-state index in [0.29, 0.717) is 23.9 Å². The van der Waals surface area contributed by atoms with Crippen LogP contribution in [0.5, 0.6) is 0 Å². The first-order valence-electron chi connectivity index (χ1n) is 7.82. The van der Waals surface area contributed by atoms with Crippen molar-refractivity contribution in [3.63, 3.8) is 0 Å². The summed E-state index contributed by atoms with van der Waals surface area (Å²) in [6, 6.07) is 0. The minimum absolute atomic E-state index is 0.0209. The highest BCUT2D eigenvalue weighted by Gasteiger charge is 2.42. The summed E-state index contributed by atoms with van der Waals surface area (Å²) in [6.07, 6.45) is 0. The number of carboxylic acid groups (broad SMARTS) is 1. The van der Waals surface area contributed by atoms with Gasteiger partial charge in [-0.3, -0.25) is 9.48 Å². The fourth-order valence-corrected chi connectivity index (χ4v) is 5.09. The summed E-state index contributed by atoms with van der Waals surface area (Å²) in [5.74, 6) is -1.45. The Morgan fingerprint density at radius 2 is 1.96 bits per heavy atom. The molecule has 0 saturated carbocycles. The molecule has 0 unspecified atom stereocenters. The molecule has 130 valence electrons.